The number of hydrogen-bond acceptors (Lipinski definition) is 6. The van der Waals surface area contributed by atoms with E-state index in [1.807, 2.05) is 23.6 Å². The van der Waals surface area contributed by atoms with Gasteiger partial charge in [0.15, 0.2) is 11.5 Å². The molecule has 0 bridgehead atoms. The molecular formula is C22H27N3O3S. The van der Waals surface area contributed by atoms with Crippen molar-refractivity contribution in [2.45, 2.75) is 31.7 Å². The summed E-state index contributed by atoms with van der Waals surface area (Å²) in [7, 11) is 3.26. The van der Waals surface area contributed by atoms with E-state index in [-0.39, 0.29) is 11.9 Å². The third-order valence-corrected chi connectivity index (χ3v) is 6.30. The van der Waals surface area contributed by atoms with Crippen LogP contribution in [-0.2, 0) is 4.79 Å². The number of piperidine rings is 1. The molecule has 2 aliphatic rings. The van der Waals surface area contributed by atoms with Gasteiger partial charge in [-0.1, -0.05) is 18.6 Å². The van der Waals surface area contributed by atoms with E-state index in [9.17, 15) is 4.79 Å². The summed E-state index contributed by atoms with van der Waals surface area (Å²) < 4.78 is 11.1. The number of hydrazone groups is 1. The quantitative estimate of drug-likeness (QED) is 0.720. The lowest BCUT2D eigenvalue weighted by Crippen LogP contribution is -2.40. The summed E-state index contributed by atoms with van der Waals surface area (Å²) in [4.78, 5) is 15.5. The summed E-state index contributed by atoms with van der Waals surface area (Å²) in [5, 5.41) is 10.6. The highest BCUT2D eigenvalue weighted by molar-refractivity contribution is 7.08. The van der Waals surface area contributed by atoms with E-state index in [0.29, 0.717) is 24.5 Å². The fraction of sp³-hybridized carbons (Fsp3) is 0.455. The molecule has 0 aliphatic carbocycles. The van der Waals surface area contributed by atoms with Gasteiger partial charge < -0.3 is 9.47 Å². The van der Waals surface area contributed by atoms with Crippen molar-refractivity contribution >= 4 is 23.0 Å². The Morgan fingerprint density at radius 1 is 1.17 bits per heavy atom. The van der Waals surface area contributed by atoms with E-state index in [4.69, 9.17) is 14.6 Å². The molecule has 2 aliphatic heterocycles. The van der Waals surface area contributed by atoms with Crippen LogP contribution in [0.3, 0.4) is 0 Å². The predicted molar refractivity (Wildman–Crippen MR) is 115 cm³/mol. The third kappa shape index (κ3) is 4.16. The zero-order chi connectivity index (χ0) is 20.2. The highest BCUT2D eigenvalue weighted by Crippen LogP contribution is 2.41. The van der Waals surface area contributed by atoms with Crippen molar-refractivity contribution in [3.8, 4) is 11.5 Å². The second kappa shape index (κ2) is 8.97. The Kier molecular flexibility index (Phi) is 6.16. The van der Waals surface area contributed by atoms with Gasteiger partial charge in [0, 0.05) is 17.5 Å². The number of likely N-dealkylation sites (tertiary alicyclic amines) is 1. The predicted octanol–water partition coefficient (Wildman–Crippen LogP) is 3.93. The zero-order valence-corrected chi connectivity index (χ0v) is 17.8. The molecule has 7 heteroatoms. The maximum Gasteiger partial charge on any atom is 0.257 e. The number of carbonyl (C=O) groups is 1. The van der Waals surface area contributed by atoms with Gasteiger partial charge in [-0.25, -0.2) is 5.01 Å². The first kappa shape index (κ1) is 19.9. The van der Waals surface area contributed by atoms with Crippen LogP contribution in [0.15, 0.2) is 40.1 Å². The lowest BCUT2D eigenvalue weighted by Gasteiger charge is -2.29. The van der Waals surface area contributed by atoms with Gasteiger partial charge in [-0.15, -0.1) is 0 Å². The molecule has 1 atom stereocenters. The highest BCUT2D eigenvalue weighted by atomic mass is 32.1. The number of thiophene rings is 1. The minimum atomic E-state index is -0.202. The summed E-state index contributed by atoms with van der Waals surface area (Å²) in [6.45, 7) is 2.37. The molecular weight excluding hydrogens is 386 g/mol. The largest absolute Gasteiger partial charge is 0.493 e. The molecule has 1 fully saturated rings. The molecule has 4 rings (SSSR count). The summed E-state index contributed by atoms with van der Waals surface area (Å²) in [6.07, 6.45) is 4.22. The molecule has 0 radical (unpaired) electrons. The van der Waals surface area contributed by atoms with Crippen LogP contribution in [0.4, 0.5) is 0 Å². The first-order valence-corrected chi connectivity index (χ1v) is 11.0. The van der Waals surface area contributed by atoms with Gasteiger partial charge in [0.2, 0.25) is 0 Å². The maximum atomic E-state index is 13.3. The lowest BCUT2D eigenvalue weighted by molar-refractivity contribution is -0.134. The number of ether oxygens (including phenoxy) is 2. The Labute approximate surface area is 175 Å². The molecule has 154 valence electrons. The van der Waals surface area contributed by atoms with Crippen LogP contribution in [0.5, 0.6) is 11.5 Å². The first-order chi connectivity index (χ1) is 14.2. The van der Waals surface area contributed by atoms with E-state index >= 15 is 0 Å². The fourth-order valence-electron chi connectivity index (χ4n) is 4.14. The van der Waals surface area contributed by atoms with E-state index < -0.39 is 0 Å². The van der Waals surface area contributed by atoms with Gasteiger partial charge >= 0.3 is 0 Å². The van der Waals surface area contributed by atoms with Gasteiger partial charge in [-0.05, 0) is 48.8 Å². The van der Waals surface area contributed by atoms with Gasteiger partial charge in [0.1, 0.15) is 0 Å². The number of benzene rings is 1. The minimum Gasteiger partial charge on any atom is -0.493 e. The number of hydrogen-bond donors (Lipinski definition) is 0. The number of amides is 1. The Bertz CT molecular complexity index is 875. The van der Waals surface area contributed by atoms with E-state index in [2.05, 4.69) is 16.3 Å². The van der Waals surface area contributed by atoms with Gasteiger partial charge in [-0.3, -0.25) is 9.69 Å². The Balaban J connectivity index is 1.65. The van der Waals surface area contributed by atoms with Crippen LogP contribution in [0.1, 0.15) is 42.9 Å². The van der Waals surface area contributed by atoms with Crippen LogP contribution >= 0.6 is 11.3 Å². The molecule has 1 aromatic carbocycles. The fourth-order valence-corrected chi connectivity index (χ4v) is 4.81. The van der Waals surface area contributed by atoms with Crippen molar-refractivity contribution in [2.24, 2.45) is 5.10 Å². The molecule has 0 spiro atoms. The number of carbonyl (C=O) groups excluding carboxylic acids is 1. The molecule has 0 saturated carbocycles. The van der Waals surface area contributed by atoms with E-state index in [0.717, 1.165) is 42.8 Å². The standard InChI is InChI=1S/C22H27N3O3S/c1-27-20-8-6-7-17(22(20)28-2)19-13-18(16-9-12-29-15-16)23-25(19)21(26)14-24-10-4-3-5-11-24/h6-9,12,15,19H,3-5,10-11,13-14H2,1-2H3. The summed E-state index contributed by atoms with van der Waals surface area (Å²) in [6, 6.07) is 7.67. The van der Waals surface area contributed by atoms with Crippen LogP contribution in [0.25, 0.3) is 0 Å². The third-order valence-electron chi connectivity index (χ3n) is 5.62. The summed E-state index contributed by atoms with van der Waals surface area (Å²) >= 11 is 1.64. The summed E-state index contributed by atoms with van der Waals surface area (Å²) in [5.74, 6) is 1.36. The number of rotatable bonds is 6. The monoisotopic (exact) mass is 413 g/mol. The zero-order valence-electron chi connectivity index (χ0n) is 17.0. The lowest BCUT2D eigenvalue weighted by atomic mass is 9.98. The van der Waals surface area contributed by atoms with Crippen LogP contribution in [-0.4, -0.2) is 55.4 Å². The number of nitrogens with zero attached hydrogens (tertiary/aromatic N) is 3. The second-order valence-corrected chi connectivity index (χ2v) is 8.22. The molecule has 3 heterocycles. The molecule has 1 unspecified atom stereocenters. The van der Waals surface area contributed by atoms with Crippen molar-refractivity contribution < 1.29 is 14.3 Å². The molecule has 1 saturated heterocycles. The smallest absolute Gasteiger partial charge is 0.257 e. The van der Waals surface area contributed by atoms with Crippen molar-refractivity contribution in [1.82, 2.24) is 9.91 Å². The molecule has 1 aromatic heterocycles. The van der Waals surface area contributed by atoms with Gasteiger partial charge in [0.05, 0.1) is 32.5 Å². The second-order valence-electron chi connectivity index (χ2n) is 7.44. The summed E-state index contributed by atoms with van der Waals surface area (Å²) in [5.41, 5.74) is 2.94. The van der Waals surface area contributed by atoms with E-state index in [1.54, 1.807) is 30.6 Å². The molecule has 0 N–H and O–H groups in total. The first-order valence-electron chi connectivity index (χ1n) is 10.1. The Hall–Kier alpha value is -2.38. The number of methoxy groups -OCH3 is 2. The van der Waals surface area contributed by atoms with Gasteiger partial charge in [0.25, 0.3) is 5.91 Å². The van der Waals surface area contributed by atoms with Crippen molar-refractivity contribution in [1.29, 1.82) is 0 Å². The molecule has 2 aromatic rings. The normalized spacial score (nSPS) is 19.9. The number of para-hydroxylation sites is 1. The van der Waals surface area contributed by atoms with Gasteiger partial charge in [-0.2, -0.15) is 16.4 Å². The van der Waals surface area contributed by atoms with Crippen molar-refractivity contribution in [2.75, 3.05) is 33.9 Å². The van der Waals surface area contributed by atoms with Crippen LogP contribution in [0, 0.1) is 0 Å². The highest BCUT2D eigenvalue weighted by Gasteiger charge is 2.36. The van der Waals surface area contributed by atoms with Crippen molar-refractivity contribution in [3.05, 3.63) is 46.2 Å². The molecule has 1 amide bonds. The Morgan fingerprint density at radius 2 is 2.00 bits per heavy atom. The average molecular weight is 414 g/mol. The maximum absolute atomic E-state index is 13.3. The molecule has 29 heavy (non-hydrogen) atoms. The Morgan fingerprint density at radius 3 is 2.69 bits per heavy atom. The molecule has 6 nitrogen and oxygen atoms in total. The van der Waals surface area contributed by atoms with Crippen molar-refractivity contribution in [3.63, 3.8) is 0 Å². The SMILES string of the molecule is COc1cccc(C2CC(c3ccsc3)=NN2C(=O)CN2CCCCC2)c1OC. The van der Waals surface area contributed by atoms with E-state index in [1.165, 1.54) is 6.42 Å². The topological polar surface area (TPSA) is 54.4 Å². The minimum absolute atomic E-state index is 0.0343. The average Bonchev–Trinajstić information content (AvgIpc) is 3.43. The van der Waals surface area contributed by atoms with Crippen LogP contribution < -0.4 is 9.47 Å². The van der Waals surface area contributed by atoms with Crippen LogP contribution in [0.2, 0.25) is 0 Å².